The minimum absolute atomic E-state index is 0.0446. The Labute approximate surface area is 225 Å². The van der Waals surface area contributed by atoms with Gasteiger partial charge in [-0.15, -0.1) is 0 Å². The molecule has 8 atom stereocenters. The second kappa shape index (κ2) is 9.33. The van der Waals surface area contributed by atoms with E-state index in [1.54, 1.807) is 17.1 Å². The summed E-state index contributed by atoms with van der Waals surface area (Å²) < 4.78 is 8.74. The van der Waals surface area contributed by atoms with E-state index in [1.165, 1.54) is 51.4 Å². The topological polar surface area (TPSA) is 67.9 Å². The molecule has 4 aliphatic carbocycles. The van der Waals surface area contributed by atoms with Crippen molar-refractivity contribution < 1.29 is 9.22 Å². The van der Waals surface area contributed by atoms with Crippen molar-refractivity contribution >= 4 is 14.1 Å². The van der Waals surface area contributed by atoms with Crippen LogP contribution in [0.5, 0.6) is 0 Å². The molecule has 5 rings (SSSR count). The zero-order valence-corrected chi connectivity index (χ0v) is 25.3. The van der Waals surface area contributed by atoms with Crippen molar-refractivity contribution in [3.63, 3.8) is 0 Å². The number of nitriles is 1. The van der Waals surface area contributed by atoms with E-state index >= 15 is 0 Å². The van der Waals surface area contributed by atoms with E-state index < -0.39 is 8.32 Å². The number of nitrogens with zero attached hydrogens (tertiary/aromatic N) is 3. The Hall–Kier alpha value is -1.45. The lowest BCUT2D eigenvalue weighted by Gasteiger charge is -2.58. The molecule has 204 valence electrons. The normalized spacial score (nSPS) is 39.8. The molecule has 0 unspecified atom stereocenters. The average molecular weight is 524 g/mol. The van der Waals surface area contributed by atoms with Crippen LogP contribution in [0.4, 0.5) is 0 Å². The molecule has 6 heteroatoms. The zero-order valence-electron chi connectivity index (χ0n) is 24.3. The van der Waals surface area contributed by atoms with Gasteiger partial charge in [-0.1, -0.05) is 27.7 Å². The molecule has 0 bridgehead atoms. The molecule has 4 saturated carbocycles. The number of fused-ring (bicyclic) bond motifs is 5. The first-order valence-electron chi connectivity index (χ1n) is 14.9. The molecule has 0 spiro atoms. The van der Waals surface area contributed by atoms with Crippen molar-refractivity contribution in [2.45, 2.75) is 123 Å². The fourth-order valence-corrected chi connectivity index (χ4v) is 11.0. The number of rotatable bonds is 5. The molecule has 0 radical (unpaired) electrons. The lowest BCUT2D eigenvalue weighted by molar-refractivity contribution is -0.132. The third-order valence-corrected chi connectivity index (χ3v) is 16.6. The minimum Gasteiger partial charge on any atom is -0.412 e. The number of hydrogen-bond acceptors (Lipinski definition) is 4. The lowest BCUT2D eigenvalue weighted by Crippen LogP contribution is -2.54. The van der Waals surface area contributed by atoms with E-state index in [4.69, 9.17) is 9.69 Å². The molecule has 0 saturated heterocycles. The number of carbonyl (C=O) groups is 1. The van der Waals surface area contributed by atoms with E-state index in [-0.39, 0.29) is 22.0 Å². The summed E-state index contributed by atoms with van der Waals surface area (Å²) in [7, 11) is -1.78. The molecule has 1 heterocycles. The van der Waals surface area contributed by atoms with Crippen LogP contribution in [-0.4, -0.2) is 29.5 Å². The summed E-state index contributed by atoms with van der Waals surface area (Å²) in [4.78, 5) is 13.5. The first kappa shape index (κ1) is 27.1. The highest BCUT2D eigenvalue weighted by molar-refractivity contribution is 6.74. The van der Waals surface area contributed by atoms with Gasteiger partial charge in [-0.2, -0.15) is 10.4 Å². The smallest absolute Gasteiger partial charge is 0.192 e. The van der Waals surface area contributed by atoms with Crippen molar-refractivity contribution in [3.05, 3.63) is 18.0 Å². The summed E-state index contributed by atoms with van der Waals surface area (Å²) in [5.41, 5.74) is 0.701. The molecule has 0 aromatic carbocycles. The Kier molecular flexibility index (Phi) is 6.84. The molecule has 0 amide bonds. The van der Waals surface area contributed by atoms with Crippen LogP contribution >= 0.6 is 0 Å². The van der Waals surface area contributed by atoms with Crippen LogP contribution in [0.2, 0.25) is 18.1 Å². The van der Waals surface area contributed by atoms with Gasteiger partial charge in [0.15, 0.2) is 14.1 Å². The maximum atomic E-state index is 13.5. The fourth-order valence-electron chi connectivity index (χ4n) is 9.23. The molecule has 4 aliphatic rings. The quantitative estimate of drug-likeness (QED) is 0.378. The summed E-state index contributed by atoms with van der Waals surface area (Å²) in [5.74, 6) is 4.43. The Morgan fingerprint density at radius 1 is 1.11 bits per heavy atom. The van der Waals surface area contributed by atoms with Crippen LogP contribution in [0.1, 0.15) is 98.0 Å². The fraction of sp³-hybridized carbons (Fsp3) is 0.839. The first-order valence-corrected chi connectivity index (χ1v) is 17.8. The van der Waals surface area contributed by atoms with Crippen molar-refractivity contribution in [1.82, 2.24) is 9.78 Å². The van der Waals surface area contributed by atoms with Crippen LogP contribution in [-0.2, 0) is 15.8 Å². The van der Waals surface area contributed by atoms with Gasteiger partial charge in [-0.25, -0.2) is 0 Å². The summed E-state index contributed by atoms with van der Waals surface area (Å²) >= 11 is 0. The van der Waals surface area contributed by atoms with Crippen molar-refractivity contribution in [3.8, 4) is 6.07 Å². The summed E-state index contributed by atoms with van der Waals surface area (Å²) in [6.45, 7) is 17.1. The van der Waals surface area contributed by atoms with Crippen LogP contribution < -0.4 is 0 Å². The van der Waals surface area contributed by atoms with Crippen molar-refractivity contribution in [2.75, 3.05) is 0 Å². The van der Waals surface area contributed by atoms with E-state index in [1.807, 2.05) is 0 Å². The third kappa shape index (κ3) is 4.77. The molecule has 0 aliphatic heterocycles. The Balaban J connectivity index is 1.25. The molecule has 1 aromatic rings. The predicted octanol–water partition coefficient (Wildman–Crippen LogP) is 7.37. The van der Waals surface area contributed by atoms with Crippen molar-refractivity contribution in [1.29, 1.82) is 5.26 Å². The highest BCUT2D eigenvalue weighted by Crippen LogP contribution is 2.65. The Morgan fingerprint density at radius 2 is 1.84 bits per heavy atom. The number of carbonyl (C=O) groups excluding carboxylic acids is 1. The molecule has 4 fully saturated rings. The molecular formula is C31H49N3O2Si. The van der Waals surface area contributed by atoms with Gasteiger partial charge in [0.05, 0.1) is 23.9 Å². The molecule has 37 heavy (non-hydrogen) atoms. The van der Waals surface area contributed by atoms with Crippen LogP contribution in [0, 0.1) is 52.3 Å². The van der Waals surface area contributed by atoms with E-state index in [9.17, 15) is 4.79 Å². The van der Waals surface area contributed by atoms with Gasteiger partial charge >= 0.3 is 0 Å². The molecule has 0 N–H and O–H groups in total. The highest BCUT2D eigenvalue weighted by atomic mass is 28.4. The number of ketones is 1. The first-order chi connectivity index (χ1) is 17.3. The average Bonchev–Trinajstić information content (AvgIpc) is 3.40. The zero-order chi connectivity index (χ0) is 26.8. The maximum Gasteiger partial charge on any atom is 0.192 e. The molecule has 5 nitrogen and oxygen atoms in total. The summed E-state index contributed by atoms with van der Waals surface area (Å²) in [5, 5.41) is 13.6. The standard InChI is InChI=1S/C31H49N3O2Si/c1-29(2,3)37(6,7)36-30(4)14-12-23-22(16-30)8-9-25-24(23)13-15-31(5)26(25)10-11-27(31)28(35)20-34-19-21(17-32)18-33-34/h18-19,22-27H,8-16,20H2,1-7H3/t22-,23+,24-,25-,26+,27-,30-,31+/m1/s1. The highest BCUT2D eigenvalue weighted by Gasteiger charge is 2.59. The summed E-state index contributed by atoms with van der Waals surface area (Å²) in [6, 6.07) is 2.12. The van der Waals surface area contributed by atoms with E-state index in [0.29, 0.717) is 23.8 Å². The lowest BCUT2D eigenvalue weighted by atomic mass is 9.49. The third-order valence-electron chi connectivity index (χ3n) is 12.0. The Morgan fingerprint density at radius 3 is 2.51 bits per heavy atom. The van der Waals surface area contributed by atoms with Gasteiger partial charge in [0, 0.05) is 12.1 Å². The van der Waals surface area contributed by atoms with E-state index in [0.717, 1.165) is 30.1 Å². The SMILES string of the molecule is CC(C)(C)[Si](C)(C)O[C@]1(C)CC[C@H]2[C@H](CC[C@@H]3[C@@H]2CC[C@]2(C)[C@@H](C(=O)Cn4cc(C#N)cn4)CC[C@@H]32)C1. The van der Waals surface area contributed by atoms with Crippen molar-refractivity contribution in [2.24, 2.45) is 40.9 Å². The second-order valence-corrected chi connectivity index (χ2v) is 19.9. The van der Waals surface area contributed by atoms with Gasteiger partial charge in [0.1, 0.15) is 6.07 Å². The monoisotopic (exact) mass is 523 g/mol. The second-order valence-electron chi connectivity index (χ2n) is 15.2. The largest absolute Gasteiger partial charge is 0.412 e. The number of aromatic nitrogens is 2. The van der Waals surface area contributed by atoms with Crippen LogP contribution in [0.3, 0.4) is 0 Å². The summed E-state index contributed by atoms with van der Waals surface area (Å²) in [6.07, 6.45) is 14.4. The van der Waals surface area contributed by atoms with Crippen LogP contribution in [0.15, 0.2) is 12.4 Å². The minimum atomic E-state index is -1.78. The predicted molar refractivity (Wildman–Crippen MR) is 149 cm³/mol. The molecular weight excluding hydrogens is 474 g/mol. The maximum absolute atomic E-state index is 13.5. The molecule has 1 aromatic heterocycles. The van der Waals surface area contributed by atoms with E-state index in [2.05, 4.69) is 58.9 Å². The van der Waals surface area contributed by atoms with Gasteiger partial charge < -0.3 is 4.43 Å². The van der Waals surface area contributed by atoms with Gasteiger partial charge in [-0.3, -0.25) is 9.48 Å². The number of Topliss-reactive ketones (excluding diaryl/α,β-unsaturated/α-hetero) is 1. The van der Waals surface area contributed by atoms with Gasteiger partial charge in [-0.05, 0) is 118 Å². The Bertz CT molecular complexity index is 1070. The van der Waals surface area contributed by atoms with Crippen LogP contribution in [0.25, 0.3) is 0 Å². The van der Waals surface area contributed by atoms with Gasteiger partial charge in [0.25, 0.3) is 0 Å². The number of hydrogen-bond donors (Lipinski definition) is 0. The van der Waals surface area contributed by atoms with Gasteiger partial charge in [0.2, 0.25) is 0 Å².